The van der Waals surface area contributed by atoms with E-state index in [1.807, 2.05) is 18.5 Å². The van der Waals surface area contributed by atoms with Crippen LogP contribution < -0.4 is 5.32 Å². The quantitative estimate of drug-likeness (QED) is 0.913. The Balaban J connectivity index is 1.75. The van der Waals surface area contributed by atoms with Gasteiger partial charge >= 0.3 is 0 Å². The van der Waals surface area contributed by atoms with Gasteiger partial charge in [-0.3, -0.25) is 14.7 Å². The van der Waals surface area contributed by atoms with Crippen LogP contribution in [0.1, 0.15) is 50.5 Å². The van der Waals surface area contributed by atoms with Gasteiger partial charge in [0.2, 0.25) is 5.91 Å². The summed E-state index contributed by atoms with van der Waals surface area (Å²) in [6, 6.07) is 4.54. The molecule has 1 amide bonds. The molecule has 22 heavy (non-hydrogen) atoms. The lowest BCUT2D eigenvalue weighted by atomic mass is 10.00. The number of hydrogen-bond donors (Lipinski definition) is 1. The summed E-state index contributed by atoms with van der Waals surface area (Å²) in [6.45, 7) is 2.87. The van der Waals surface area contributed by atoms with Gasteiger partial charge in [-0.2, -0.15) is 0 Å². The van der Waals surface area contributed by atoms with Crippen LogP contribution in [0.3, 0.4) is 0 Å². The predicted molar refractivity (Wildman–Crippen MR) is 87.3 cm³/mol. The van der Waals surface area contributed by atoms with Crippen LogP contribution >= 0.6 is 0 Å². The number of nitrogens with one attached hydrogen (secondary N) is 1. The third kappa shape index (κ3) is 3.86. The number of nitrogens with zero attached hydrogens (tertiary/aromatic N) is 2. The Morgan fingerprint density at radius 1 is 1.18 bits per heavy atom. The Labute approximate surface area is 133 Å². The van der Waals surface area contributed by atoms with E-state index >= 15 is 0 Å². The first kappa shape index (κ1) is 15.5. The van der Waals surface area contributed by atoms with Crippen molar-refractivity contribution >= 4 is 5.91 Å². The lowest BCUT2D eigenvalue weighted by molar-refractivity contribution is -0.126. The number of fused-ring (bicyclic) bond motifs is 1. The number of pyridine rings is 1. The van der Waals surface area contributed by atoms with E-state index in [-0.39, 0.29) is 11.8 Å². The number of aromatic nitrogens is 1. The predicted octanol–water partition coefficient (Wildman–Crippen LogP) is 2.74. The first-order valence-electron chi connectivity index (χ1n) is 8.75. The first-order chi connectivity index (χ1) is 10.8. The molecule has 4 heteroatoms. The van der Waals surface area contributed by atoms with Crippen LogP contribution in [-0.2, 0) is 11.3 Å². The Bertz CT molecular complexity index is 476. The molecule has 2 unspecified atom stereocenters. The maximum absolute atomic E-state index is 12.5. The van der Waals surface area contributed by atoms with E-state index in [1.165, 1.54) is 31.2 Å². The average Bonchev–Trinajstić information content (AvgIpc) is 3.02. The highest BCUT2D eigenvalue weighted by atomic mass is 16.1. The van der Waals surface area contributed by atoms with E-state index in [0.29, 0.717) is 6.04 Å². The molecular formula is C18H27N3O. The van der Waals surface area contributed by atoms with Gasteiger partial charge in [-0.25, -0.2) is 0 Å². The molecule has 1 aromatic rings. The van der Waals surface area contributed by atoms with Crippen LogP contribution in [0.25, 0.3) is 0 Å². The highest BCUT2D eigenvalue weighted by Crippen LogP contribution is 2.31. The smallest absolute Gasteiger partial charge is 0.224 e. The standard InChI is InChI=1S/C18H27N3O/c22-18-16-8-5-9-17(16)21(12-4-2-1-3-11-20-18)14-15-7-6-10-19-13-15/h6-7,10,13,16-17H,1-5,8-9,11-12,14H2,(H,20,22). The molecule has 2 atom stereocenters. The minimum atomic E-state index is 0.176. The van der Waals surface area contributed by atoms with Crippen molar-refractivity contribution in [1.82, 2.24) is 15.2 Å². The molecule has 2 heterocycles. The van der Waals surface area contributed by atoms with Gasteiger partial charge in [0.25, 0.3) is 0 Å². The van der Waals surface area contributed by atoms with Crippen LogP contribution in [0.4, 0.5) is 0 Å². The molecule has 2 aliphatic rings. The van der Waals surface area contributed by atoms with E-state index in [4.69, 9.17) is 0 Å². The molecule has 1 saturated heterocycles. The lowest BCUT2D eigenvalue weighted by Gasteiger charge is -2.32. The van der Waals surface area contributed by atoms with E-state index in [2.05, 4.69) is 21.3 Å². The van der Waals surface area contributed by atoms with Crippen molar-refractivity contribution in [3.8, 4) is 0 Å². The van der Waals surface area contributed by atoms with Crippen LogP contribution in [0, 0.1) is 5.92 Å². The van der Waals surface area contributed by atoms with Gasteiger partial charge in [0.05, 0.1) is 5.92 Å². The zero-order valence-electron chi connectivity index (χ0n) is 13.3. The van der Waals surface area contributed by atoms with Gasteiger partial charge < -0.3 is 5.32 Å². The summed E-state index contributed by atoms with van der Waals surface area (Å²) < 4.78 is 0. The SMILES string of the molecule is O=C1NCCCCCCN(Cc2cccnc2)C2CCCC12. The monoisotopic (exact) mass is 301 g/mol. The fraction of sp³-hybridized carbons (Fsp3) is 0.667. The zero-order chi connectivity index (χ0) is 15.2. The topological polar surface area (TPSA) is 45.2 Å². The fourth-order valence-corrected chi connectivity index (χ4v) is 3.91. The number of hydrogen-bond acceptors (Lipinski definition) is 3. The van der Waals surface area contributed by atoms with E-state index in [9.17, 15) is 4.79 Å². The maximum atomic E-state index is 12.5. The van der Waals surface area contributed by atoms with Gasteiger partial charge in [-0.05, 0) is 43.9 Å². The zero-order valence-corrected chi connectivity index (χ0v) is 13.3. The molecule has 1 aromatic heterocycles. The van der Waals surface area contributed by atoms with Crippen LogP contribution in [0.5, 0.6) is 0 Å². The maximum Gasteiger partial charge on any atom is 0.224 e. The number of carbonyl (C=O) groups excluding carboxylic acids is 1. The van der Waals surface area contributed by atoms with Crippen molar-refractivity contribution < 1.29 is 4.79 Å². The second-order valence-electron chi connectivity index (χ2n) is 6.64. The Morgan fingerprint density at radius 2 is 2.09 bits per heavy atom. The number of rotatable bonds is 2. The largest absolute Gasteiger partial charge is 0.356 e. The summed E-state index contributed by atoms with van der Waals surface area (Å²) >= 11 is 0. The van der Waals surface area contributed by atoms with E-state index < -0.39 is 0 Å². The molecule has 0 bridgehead atoms. The summed E-state index contributed by atoms with van der Waals surface area (Å²) in [5.41, 5.74) is 1.25. The minimum absolute atomic E-state index is 0.176. The summed E-state index contributed by atoms with van der Waals surface area (Å²) in [7, 11) is 0. The lowest BCUT2D eigenvalue weighted by Crippen LogP contribution is -2.44. The first-order valence-corrected chi connectivity index (χ1v) is 8.75. The molecule has 2 fully saturated rings. The second-order valence-corrected chi connectivity index (χ2v) is 6.64. The van der Waals surface area contributed by atoms with Crippen LogP contribution in [0.2, 0.25) is 0 Å². The average molecular weight is 301 g/mol. The van der Waals surface area contributed by atoms with Crippen molar-refractivity contribution in [1.29, 1.82) is 0 Å². The highest BCUT2D eigenvalue weighted by Gasteiger charge is 2.36. The van der Waals surface area contributed by atoms with Crippen LogP contribution in [-0.4, -0.2) is 34.9 Å². The minimum Gasteiger partial charge on any atom is -0.356 e. The molecule has 4 nitrogen and oxygen atoms in total. The highest BCUT2D eigenvalue weighted by molar-refractivity contribution is 5.79. The van der Waals surface area contributed by atoms with E-state index in [1.54, 1.807) is 0 Å². The molecule has 1 N–H and O–H groups in total. The number of amides is 1. The van der Waals surface area contributed by atoms with Gasteiger partial charge in [0.1, 0.15) is 0 Å². The molecule has 0 spiro atoms. The molecule has 1 aliphatic carbocycles. The molecule has 0 aromatic carbocycles. The fourth-order valence-electron chi connectivity index (χ4n) is 3.91. The third-order valence-corrected chi connectivity index (χ3v) is 5.07. The molecular weight excluding hydrogens is 274 g/mol. The van der Waals surface area contributed by atoms with E-state index in [0.717, 1.165) is 38.9 Å². The normalized spacial score (nSPS) is 27.7. The molecule has 0 radical (unpaired) electrons. The molecule has 1 saturated carbocycles. The van der Waals surface area contributed by atoms with Gasteiger partial charge in [0.15, 0.2) is 0 Å². The van der Waals surface area contributed by atoms with Crippen molar-refractivity contribution in [2.45, 2.75) is 57.5 Å². The second kappa shape index (κ2) is 7.73. The van der Waals surface area contributed by atoms with Crippen molar-refractivity contribution in [3.63, 3.8) is 0 Å². The third-order valence-electron chi connectivity index (χ3n) is 5.07. The van der Waals surface area contributed by atoms with Gasteiger partial charge in [-0.1, -0.05) is 25.3 Å². The Kier molecular flexibility index (Phi) is 5.43. The van der Waals surface area contributed by atoms with Crippen molar-refractivity contribution in [3.05, 3.63) is 30.1 Å². The molecule has 1 aliphatic heterocycles. The van der Waals surface area contributed by atoms with Crippen molar-refractivity contribution in [2.75, 3.05) is 13.1 Å². The Hall–Kier alpha value is -1.42. The summed E-state index contributed by atoms with van der Waals surface area (Å²) in [5.74, 6) is 0.454. The van der Waals surface area contributed by atoms with Crippen LogP contribution in [0.15, 0.2) is 24.5 Å². The summed E-state index contributed by atoms with van der Waals surface area (Å²) in [6.07, 6.45) is 12.0. The number of carbonyl (C=O) groups is 1. The summed E-state index contributed by atoms with van der Waals surface area (Å²) in [4.78, 5) is 19.3. The summed E-state index contributed by atoms with van der Waals surface area (Å²) in [5, 5.41) is 3.16. The molecule has 3 rings (SSSR count). The molecule has 120 valence electrons. The van der Waals surface area contributed by atoms with Gasteiger partial charge in [0, 0.05) is 31.5 Å². The van der Waals surface area contributed by atoms with Gasteiger partial charge in [-0.15, -0.1) is 0 Å². The Morgan fingerprint density at radius 3 is 2.95 bits per heavy atom. The van der Waals surface area contributed by atoms with Crippen molar-refractivity contribution in [2.24, 2.45) is 5.92 Å².